The molecule has 0 bridgehead atoms. The molecule has 1 N–H and O–H groups in total. The summed E-state index contributed by atoms with van der Waals surface area (Å²) in [6, 6.07) is 10.8. The number of rotatable bonds is 7. The summed E-state index contributed by atoms with van der Waals surface area (Å²) in [5.74, 6) is 2.60. The van der Waals surface area contributed by atoms with Gasteiger partial charge in [0.1, 0.15) is 13.2 Å². The van der Waals surface area contributed by atoms with Crippen molar-refractivity contribution in [2.75, 3.05) is 39.8 Å². The van der Waals surface area contributed by atoms with E-state index in [1.807, 2.05) is 49.2 Å². The maximum Gasteiger partial charge on any atom is 0.241 e. The number of carbonyl (C=O) groups excluding carboxylic acids is 1. The predicted octanol–water partition coefficient (Wildman–Crippen LogP) is 2.93. The van der Waals surface area contributed by atoms with Gasteiger partial charge in [-0.15, -0.1) is 0 Å². The minimum absolute atomic E-state index is 0.0975. The highest BCUT2D eigenvalue weighted by atomic mass is 16.6. The van der Waals surface area contributed by atoms with Gasteiger partial charge >= 0.3 is 0 Å². The van der Waals surface area contributed by atoms with Crippen molar-refractivity contribution >= 4 is 11.6 Å². The molecule has 1 heterocycles. The second-order valence-corrected chi connectivity index (χ2v) is 6.63. The number of benzene rings is 2. The van der Waals surface area contributed by atoms with Crippen LogP contribution in [0.25, 0.3) is 0 Å². The maximum absolute atomic E-state index is 12.7. The third kappa shape index (κ3) is 4.48. The van der Waals surface area contributed by atoms with Crippen molar-refractivity contribution in [3.8, 4) is 23.0 Å². The monoisotopic (exact) mass is 386 g/mol. The normalized spacial score (nSPS) is 13.8. The van der Waals surface area contributed by atoms with Crippen LogP contribution in [0.15, 0.2) is 36.4 Å². The van der Waals surface area contributed by atoms with Crippen LogP contribution in [0.2, 0.25) is 0 Å². The van der Waals surface area contributed by atoms with E-state index in [9.17, 15) is 4.79 Å². The van der Waals surface area contributed by atoms with Gasteiger partial charge in [-0.25, -0.2) is 0 Å². The fourth-order valence-corrected chi connectivity index (χ4v) is 2.97. The van der Waals surface area contributed by atoms with Crippen molar-refractivity contribution in [3.05, 3.63) is 42.0 Å². The Morgan fingerprint density at radius 2 is 1.79 bits per heavy atom. The zero-order valence-corrected chi connectivity index (χ0v) is 16.7. The van der Waals surface area contributed by atoms with E-state index >= 15 is 0 Å². The molecule has 0 saturated carbocycles. The van der Waals surface area contributed by atoms with Crippen LogP contribution in [0.5, 0.6) is 23.0 Å². The van der Waals surface area contributed by atoms with Gasteiger partial charge in [-0.1, -0.05) is 6.07 Å². The van der Waals surface area contributed by atoms with Gasteiger partial charge in [0.15, 0.2) is 23.0 Å². The summed E-state index contributed by atoms with van der Waals surface area (Å²) in [5, 5.41) is 2.94. The molecule has 150 valence electrons. The van der Waals surface area contributed by atoms with Crippen molar-refractivity contribution in [1.29, 1.82) is 0 Å². The summed E-state index contributed by atoms with van der Waals surface area (Å²) in [5.41, 5.74) is 1.71. The third-order valence-electron chi connectivity index (χ3n) is 4.73. The molecule has 1 amide bonds. The van der Waals surface area contributed by atoms with Crippen molar-refractivity contribution in [2.24, 2.45) is 0 Å². The smallest absolute Gasteiger partial charge is 0.241 e. The minimum atomic E-state index is -0.332. The SMILES string of the molecule is COc1ccc(CN(C)C(C)C(=O)Nc2ccc3c(c2)OCCO3)cc1OC. The number of ether oxygens (including phenoxy) is 4. The second kappa shape index (κ2) is 8.84. The van der Waals surface area contributed by atoms with Crippen LogP contribution < -0.4 is 24.3 Å². The molecule has 2 aromatic rings. The first-order valence-corrected chi connectivity index (χ1v) is 9.13. The highest BCUT2D eigenvalue weighted by Crippen LogP contribution is 2.32. The number of hydrogen-bond acceptors (Lipinski definition) is 6. The van der Waals surface area contributed by atoms with Gasteiger partial charge in [0.25, 0.3) is 0 Å². The lowest BCUT2D eigenvalue weighted by atomic mass is 10.1. The van der Waals surface area contributed by atoms with Gasteiger partial charge in [0.05, 0.1) is 20.3 Å². The van der Waals surface area contributed by atoms with Gasteiger partial charge in [0.2, 0.25) is 5.91 Å². The Hall–Kier alpha value is -2.93. The molecule has 2 aromatic carbocycles. The Kier molecular flexibility index (Phi) is 6.26. The molecule has 1 aliphatic rings. The Morgan fingerprint density at radius 3 is 2.50 bits per heavy atom. The molecule has 0 fully saturated rings. The van der Waals surface area contributed by atoms with E-state index in [1.165, 1.54) is 0 Å². The zero-order chi connectivity index (χ0) is 20.1. The Balaban J connectivity index is 1.62. The number of fused-ring (bicyclic) bond motifs is 1. The molecule has 28 heavy (non-hydrogen) atoms. The van der Waals surface area contributed by atoms with Gasteiger partial charge in [-0.3, -0.25) is 9.69 Å². The summed E-state index contributed by atoms with van der Waals surface area (Å²) in [4.78, 5) is 14.6. The van der Waals surface area contributed by atoms with Crippen molar-refractivity contribution in [1.82, 2.24) is 4.90 Å². The van der Waals surface area contributed by atoms with Crippen LogP contribution in [0.4, 0.5) is 5.69 Å². The first-order valence-electron chi connectivity index (χ1n) is 9.13. The fourth-order valence-electron chi connectivity index (χ4n) is 2.97. The molecule has 7 heteroatoms. The third-order valence-corrected chi connectivity index (χ3v) is 4.73. The predicted molar refractivity (Wildman–Crippen MR) is 107 cm³/mol. The van der Waals surface area contributed by atoms with E-state index in [4.69, 9.17) is 18.9 Å². The molecule has 1 aliphatic heterocycles. The van der Waals surface area contributed by atoms with Gasteiger partial charge < -0.3 is 24.3 Å². The summed E-state index contributed by atoms with van der Waals surface area (Å²) in [6.07, 6.45) is 0. The maximum atomic E-state index is 12.7. The lowest BCUT2D eigenvalue weighted by Gasteiger charge is -2.25. The van der Waals surface area contributed by atoms with Crippen molar-refractivity contribution < 1.29 is 23.7 Å². The van der Waals surface area contributed by atoms with E-state index in [1.54, 1.807) is 20.3 Å². The zero-order valence-electron chi connectivity index (χ0n) is 16.7. The van der Waals surface area contributed by atoms with Gasteiger partial charge in [-0.2, -0.15) is 0 Å². The number of nitrogens with zero attached hydrogens (tertiary/aromatic N) is 1. The van der Waals surface area contributed by atoms with Gasteiger partial charge in [0, 0.05) is 18.3 Å². The highest BCUT2D eigenvalue weighted by molar-refractivity contribution is 5.94. The average molecular weight is 386 g/mol. The van der Waals surface area contributed by atoms with E-state index < -0.39 is 0 Å². The summed E-state index contributed by atoms with van der Waals surface area (Å²) in [7, 11) is 5.12. The number of carbonyl (C=O) groups is 1. The van der Waals surface area contributed by atoms with E-state index in [0.29, 0.717) is 48.4 Å². The lowest BCUT2D eigenvalue weighted by Crippen LogP contribution is -2.39. The first kappa shape index (κ1) is 19.8. The van der Waals surface area contributed by atoms with Crippen LogP contribution >= 0.6 is 0 Å². The largest absolute Gasteiger partial charge is 0.493 e. The molecule has 1 atom stereocenters. The number of nitrogens with one attached hydrogen (secondary N) is 1. The topological polar surface area (TPSA) is 69.3 Å². The number of hydrogen-bond donors (Lipinski definition) is 1. The Morgan fingerprint density at radius 1 is 1.07 bits per heavy atom. The summed E-state index contributed by atoms with van der Waals surface area (Å²) in [6.45, 7) is 3.51. The van der Waals surface area contributed by atoms with Crippen LogP contribution in [-0.4, -0.2) is 51.3 Å². The van der Waals surface area contributed by atoms with Crippen molar-refractivity contribution in [2.45, 2.75) is 19.5 Å². The summed E-state index contributed by atoms with van der Waals surface area (Å²) < 4.78 is 21.7. The minimum Gasteiger partial charge on any atom is -0.493 e. The standard InChI is InChI=1S/C21H26N2O5/c1-14(23(2)13-15-5-7-17(25-3)19(11-15)26-4)21(24)22-16-6-8-18-20(12-16)28-10-9-27-18/h5-8,11-12,14H,9-10,13H2,1-4H3,(H,22,24). The molecule has 1 unspecified atom stereocenters. The van der Waals surface area contributed by atoms with Crippen LogP contribution in [0, 0.1) is 0 Å². The summed E-state index contributed by atoms with van der Waals surface area (Å²) >= 11 is 0. The van der Waals surface area contributed by atoms with Crippen LogP contribution in [-0.2, 0) is 11.3 Å². The highest BCUT2D eigenvalue weighted by Gasteiger charge is 2.20. The van der Waals surface area contributed by atoms with E-state index in [-0.39, 0.29) is 11.9 Å². The molecule has 0 radical (unpaired) electrons. The Labute approximate surface area is 165 Å². The van der Waals surface area contributed by atoms with Gasteiger partial charge in [-0.05, 0) is 43.8 Å². The lowest BCUT2D eigenvalue weighted by molar-refractivity contribution is -0.120. The molecular formula is C21H26N2O5. The molecule has 0 saturated heterocycles. The quantitative estimate of drug-likeness (QED) is 0.789. The number of likely N-dealkylation sites (N-methyl/N-ethyl adjacent to an activating group) is 1. The molecule has 7 nitrogen and oxygen atoms in total. The second-order valence-electron chi connectivity index (χ2n) is 6.63. The molecule has 0 spiro atoms. The van der Waals surface area contributed by atoms with Crippen LogP contribution in [0.1, 0.15) is 12.5 Å². The molecule has 0 aromatic heterocycles. The number of anilines is 1. The Bertz CT molecular complexity index is 840. The fraction of sp³-hybridized carbons (Fsp3) is 0.381. The number of amides is 1. The first-order chi connectivity index (χ1) is 13.5. The molecule has 3 rings (SSSR count). The van der Waals surface area contributed by atoms with E-state index in [0.717, 1.165) is 5.56 Å². The van der Waals surface area contributed by atoms with Crippen molar-refractivity contribution in [3.63, 3.8) is 0 Å². The average Bonchev–Trinajstić information content (AvgIpc) is 2.72. The molecule has 0 aliphatic carbocycles. The van der Waals surface area contributed by atoms with Crippen LogP contribution in [0.3, 0.4) is 0 Å². The molecular weight excluding hydrogens is 360 g/mol. The van der Waals surface area contributed by atoms with E-state index in [2.05, 4.69) is 5.32 Å². The number of methoxy groups -OCH3 is 2.